The second-order valence-electron chi connectivity index (χ2n) is 4.25. The molecule has 5 nitrogen and oxygen atoms in total. The Bertz CT molecular complexity index is 732. The number of carbonyl (C=O) groups is 2. The average Bonchev–Trinajstić information content (AvgIpc) is 2.82. The summed E-state index contributed by atoms with van der Waals surface area (Å²) in [6.07, 6.45) is 0. The Labute approximate surface area is 128 Å². The van der Waals surface area contributed by atoms with Gasteiger partial charge in [-0.2, -0.15) is 4.37 Å². The van der Waals surface area contributed by atoms with Crippen molar-refractivity contribution in [2.75, 3.05) is 11.9 Å². The van der Waals surface area contributed by atoms with E-state index in [1.807, 2.05) is 0 Å². The van der Waals surface area contributed by atoms with Crippen molar-refractivity contribution in [1.82, 2.24) is 4.37 Å². The molecule has 0 bridgehead atoms. The zero-order valence-corrected chi connectivity index (χ0v) is 12.6. The molecule has 1 aromatic carbocycles. The van der Waals surface area contributed by atoms with Crippen molar-refractivity contribution in [1.29, 1.82) is 0 Å². The van der Waals surface area contributed by atoms with Crippen molar-refractivity contribution in [3.8, 4) is 0 Å². The lowest BCUT2D eigenvalue weighted by molar-refractivity contribution is 0.0697. The van der Waals surface area contributed by atoms with Crippen LogP contribution in [0.2, 0.25) is 5.02 Å². The Kier molecular flexibility index (Phi) is 4.24. The van der Waals surface area contributed by atoms with E-state index in [0.29, 0.717) is 5.69 Å². The van der Waals surface area contributed by atoms with Gasteiger partial charge in [0.1, 0.15) is 16.4 Å². The molecular weight excluding hydrogens is 319 g/mol. The van der Waals surface area contributed by atoms with Gasteiger partial charge in [0.2, 0.25) is 0 Å². The van der Waals surface area contributed by atoms with E-state index < -0.39 is 17.7 Å². The number of aromatic carboxylic acids is 1. The lowest BCUT2D eigenvalue weighted by Crippen LogP contribution is -2.27. The smallest absolute Gasteiger partial charge is 0.340 e. The summed E-state index contributed by atoms with van der Waals surface area (Å²) in [7, 11) is 1.43. The lowest BCUT2D eigenvalue weighted by Gasteiger charge is -2.16. The maximum Gasteiger partial charge on any atom is 0.340 e. The van der Waals surface area contributed by atoms with Gasteiger partial charge >= 0.3 is 5.97 Å². The molecule has 0 unspecified atom stereocenters. The largest absolute Gasteiger partial charge is 0.478 e. The van der Waals surface area contributed by atoms with Gasteiger partial charge in [0.05, 0.1) is 10.7 Å². The predicted octanol–water partition coefficient (Wildman–Crippen LogP) is 3.22. The summed E-state index contributed by atoms with van der Waals surface area (Å²) >= 11 is 6.55. The van der Waals surface area contributed by atoms with E-state index in [-0.39, 0.29) is 21.2 Å². The first-order valence-electron chi connectivity index (χ1n) is 5.75. The number of hydrogen-bond acceptors (Lipinski definition) is 4. The molecule has 1 N–H and O–H groups in total. The minimum atomic E-state index is -1.16. The number of anilines is 1. The highest BCUT2D eigenvalue weighted by molar-refractivity contribution is 7.11. The van der Waals surface area contributed by atoms with E-state index in [2.05, 4.69) is 4.37 Å². The SMILES string of the molecule is Cc1nsc(N(C)C(=O)c2ccc(F)c(Cl)c2)c1C(=O)O. The van der Waals surface area contributed by atoms with Gasteiger partial charge in [-0.25, -0.2) is 9.18 Å². The Morgan fingerprint density at radius 3 is 2.67 bits per heavy atom. The van der Waals surface area contributed by atoms with Gasteiger partial charge in [-0.1, -0.05) is 11.6 Å². The highest BCUT2D eigenvalue weighted by atomic mass is 35.5. The molecule has 2 rings (SSSR count). The standard InChI is InChI=1S/C13H10ClFN2O3S/c1-6-10(13(19)20)12(21-16-6)17(2)11(18)7-3-4-9(15)8(14)5-7/h3-5H,1-2H3,(H,19,20). The lowest BCUT2D eigenvalue weighted by atomic mass is 10.2. The number of amides is 1. The average molecular weight is 329 g/mol. The first kappa shape index (κ1) is 15.4. The molecule has 0 saturated carbocycles. The summed E-state index contributed by atoms with van der Waals surface area (Å²) in [6, 6.07) is 3.57. The number of carboxylic acids is 1. The monoisotopic (exact) mass is 328 g/mol. The van der Waals surface area contributed by atoms with Crippen LogP contribution in [0.15, 0.2) is 18.2 Å². The van der Waals surface area contributed by atoms with E-state index in [0.717, 1.165) is 22.5 Å². The number of rotatable bonds is 3. The number of halogens is 2. The minimum Gasteiger partial charge on any atom is -0.478 e. The van der Waals surface area contributed by atoms with Crippen LogP contribution in [0, 0.1) is 12.7 Å². The molecule has 21 heavy (non-hydrogen) atoms. The normalized spacial score (nSPS) is 10.5. The predicted molar refractivity (Wildman–Crippen MR) is 78.0 cm³/mol. The first-order chi connectivity index (χ1) is 9.82. The summed E-state index contributed by atoms with van der Waals surface area (Å²) in [4.78, 5) is 24.7. The fourth-order valence-electron chi connectivity index (χ4n) is 1.75. The Balaban J connectivity index is 2.40. The number of benzene rings is 1. The van der Waals surface area contributed by atoms with Crippen LogP contribution in [-0.2, 0) is 0 Å². The fraction of sp³-hybridized carbons (Fsp3) is 0.154. The van der Waals surface area contributed by atoms with Crippen LogP contribution in [0.4, 0.5) is 9.39 Å². The van der Waals surface area contributed by atoms with Crippen LogP contribution in [0.3, 0.4) is 0 Å². The molecule has 0 aliphatic rings. The van der Waals surface area contributed by atoms with Crippen molar-refractivity contribution in [3.05, 3.63) is 45.9 Å². The maximum absolute atomic E-state index is 13.1. The minimum absolute atomic E-state index is 0.0240. The molecule has 1 aromatic heterocycles. The number of aromatic nitrogens is 1. The fourth-order valence-corrected chi connectivity index (χ4v) is 2.77. The van der Waals surface area contributed by atoms with E-state index >= 15 is 0 Å². The number of hydrogen-bond donors (Lipinski definition) is 1. The van der Waals surface area contributed by atoms with Crippen molar-refractivity contribution in [3.63, 3.8) is 0 Å². The van der Waals surface area contributed by atoms with E-state index in [9.17, 15) is 19.1 Å². The summed E-state index contributed by atoms with van der Waals surface area (Å²) in [5, 5.41) is 9.22. The van der Waals surface area contributed by atoms with Gasteiger partial charge in [0, 0.05) is 12.6 Å². The number of carbonyl (C=O) groups excluding carboxylic acids is 1. The van der Waals surface area contributed by atoms with Crippen LogP contribution in [0.1, 0.15) is 26.4 Å². The van der Waals surface area contributed by atoms with E-state index in [4.69, 9.17) is 11.6 Å². The van der Waals surface area contributed by atoms with Crippen LogP contribution in [0.25, 0.3) is 0 Å². The van der Waals surface area contributed by atoms with Crippen molar-refractivity contribution in [2.24, 2.45) is 0 Å². The molecule has 0 atom stereocenters. The van der Waals surface area contributed by atoms with Gasteiger partial charge in [-0.3, -0.25) is 4.79 Å². The molecule has 0 fully saturated rings. The Morgan fingerprint density at radius 1 is 1.43 bits per heavy atom. The summed E-state index contributed by atoms with van der Waals surface area (Å²) < 4.78 is 17.1. The van der Waals surface area contributed by atoms with Crippen LogP contribution >= 0.6 is 23.1 Å². The maximum atomic E-state index is 13.1. The van der Waals surface area contributed by atoms with Gasteiger partial charge < -0.3 is 10.0 Å². The third-order valence-corrected chi connectivity index (χ3v) is 4.14. The molecule has 0 spiro atoms. The van der Waals surface area contributed by atoms with Crippen LogP contribution < -0.4 is 4.90 Å². The van der Waals surface area contributed by atoms with Gasteiger partial charge in [0.15, 0.2) is 0 Å². The van der Waals surface area contributed by atoms with Crippen molar-refractivity contribution >= 4 is 40.0 Å². The summed E-state index contributed by atoms with van der Waals surface area (Å²) in [5.41, 5.74) is 0.467. The summed E-state index contributed by atoms with van der Waals surface area (Å²) in [6.45, 7) is 1.55. The zero-order chi connectivity index (χ0) is 15.7. The van der Waals surface area contributed by atoms with Gasteiger partial charge in [0.25, 0.3) is 5.91 Å². The molecule has 2 aromatic rings. The second-order valence-corrected chi connectivity index (χ2v) is 5.41. The molecular formula is C13H10ClFN2O3S. The molecule has 0 saturated heterocycles. The van der Waals surface area contributed by atoms with Gasteiger partial charge in [-0.15, -0.1) is 0 Å². The molecule has 110 valence electrons. The van der Waals surface area contributed by atoms with E-state index in [1.54, 1.807) is 6.92 Å². The third-order valence-electron chi connectivity index (χ3n) is 2.83. The Hall–Kier alpha value is -1.99. The molecule has 1 heterocycles. The Morgan fingerprint density at radius 2 is 2.10 bits per heavy atom. The molecule has 8 heteroatoms. The van der Waals surface area contributed by atoms with Gasteiger partial charge in [-0.05, 0) is 36.7 Å². The topological polar surface area (TPSA) is 70.5 Å². The summed E-state index contributed by atoms with van der Waals surface area (Å²) in [5.74, 6) is -2.29. The number of carboxylic acid groups (broad SMARTS) is 1. The molecule has 0 radical (unpaired) electrons. The van der Waals surface area contributed by atoms with Crippen molar-refractivity contribution in [2.45, 2.75) is 6.92 Å². The highest BCUT2D eigenvalue weighted by Crippen LogP contribution is 2.29. The first-order valence-corrected chi connectivity index (χ1v) is 6.90. The molecule has 1 amide bonds. The number of aryl methyl sites for hydroxylation is 1. The van der Waals surface area contributed by atoms with Crippen LogP contribution in [-0.4, -0.2) is 28.4 Å². The van der Waals surface area contributed by atoms with E-state index in [1.165, 1.54) is 19.2 Å². The number of nitrogens with zero attached hydrogens (tertiary/aromatic N) is 2. The second kappa shape index (κ2) is 5.79. The third kappa shape index (κ3) is 2.88. The van der Waals surface area contributed by atoms with Crippen LogP contribution in [0.5, 0.6) is 0 Å². The molecule has 0 aliphatic carbocycles. The quantitative estimate of drug-likeness (QED) is 0.939. The molecule has 0 aliphatic heterocycles. The zero-order valence-electron chi connectivity index (χ0n) is 11.1. The van der Waals surface area contributed by atoms with Crippen molar-refractivity contribution < 1.29 is 19.1 Å². The highest BCUT2D eigenvalue weighted by Gasteiger charge is 2.24.